The first-order chi connectivity index (χ1) is 15.9. The minimum absolute atomic E-state index is 0.0781. The molecule has 0 aliphatic carbocycles. The topological polar surface area (TPSA) is 76.5 Å². The minimum Gasteiger partial charge on any atom is -0.497 e. The summed E-state index contributed by atoms with van der Waals surface area (Å²) in [6.07, 6.45) is 0.811. The van der Waals surface area contributed by atoms with Crippen LogP contribution in [0.2, 0.25) is 0 Å². The van der Waals surface area contributed by atoms with Crippen LogP contribution in [0.3, 0.4) is 0 Å². The van der Waals surface area contributed by atoms with Gasteiger partial charge in [0, 0.05) is 49.1 Å². The van der Waals surface area contributed by atoms with Gasteiger partial charge in [-0.3, -0.25) is 9.59 Å². The summed E-state index contributed by atoms with van der Waals surface area (Å²) in [4.78, 5) is 27.0. The number of aryl methyl sites for hydroxylation is 2. The fraction of sp³-hybridized carbons (Fsp3) is 0.346. The predicted octanol–water partition coefficient (Wildman–Crippen LogP) is 4.49. The molecular weight excluding hydrogens is 416 g/mol. The van der Waals surface area contributed by atoms with Crippen molar-refractivity contribution in [1.29, 1.82) is 0 Å². The van der Waals surface area contributed by atoms with E-state index in [-0.39, 0.29) is 11.5 Å². The van der Waals surface area contributed by atoms with Gasteiger partial charge in [-0.1, -0.05) is 12.1 Å². The van der Waals surface area contributed by atoms with E-state index in [0.29, 0.717) is 25.1 Å². The van der Waals surface area contributed by atoms with Gasteiger partial charge in [0.25, 0.3) is 5.56 Å². The molecule has 33 heavy (non-hydrogen) atoms. The quantitative estimate of drug-likeness (QED) is 0.494. The smallest absolute Gasteiger partial charge is 0.266 e. The Kier molecular flexibility index (Phi) is 8.24. The van der Waals surface area contributed by atoms with Crippen molar-refractivity contribution in [2.75, 3.05) is 30.4 Å². The maximum Gasteiger partial charge on any atom is 0.266 e. The Morgan fingerprint density at radius 1 is 1.09 bits per heavy atom. The lowest BCUT2D eigenvalue weighted by Crippen LogP contribution is -2.23. The number of hydrogen-bond acceptors (Lipinski definition) is 5. The average Bonchev–Trinajstić information content (AvgIpc) is 2.82. The Morgan fingerprint density at radius 2 is 1.88 bits per heavy atom. The Hall–Kier alpha value is -3.61. The number of nitrogens with one attached hydrogen (secondary N) is 1. The van der Waals surface area contributed by atoms with E-state index in [1.807, 2.05) is 43.3 Å². The van der Waals surface area contributed by atoms with E-state index in [0.717, 1.165) is 41.3 Å². The van der Waals surface area contributed by atoms with Gasteiger partial charge < -0.3 is 15.0 Å². The number of methoxy groups -OCH3 is 1. The molecule has 1 aromatic heterocycles. The zero-order valence-corrected chi connectivity index (χ0v) is 19.8. The van der Waals surface area contributed by atoms with E-state index >= 15 is 0 Å². The lowest BCUT2D eigenvalue weighted by Gasteiger charge is -2.22. The van der Waals surface area contributed by atoms with Gasteiger partial charge in [0.15, 0.2) is 0 Å². The van der Waals surface area contributed by atoms with Gasteiger partial charge in [0.1, 0.15) is 5.75 Å². The highest BCUT2D eigenvalue weighted by atomic mass is 16.5. The molecule has 0 spiro atoms. The molecule has 1 amide bonds. The number of carbonyl (C=O) groups is 1. The Morgan fingerprint density at radius 3 is 2.58 bits per heavy atom. The molecule has 2 aromatic carbocycles. The molecule has 174 valence electrons. The number of carbonyl (C=O) groups excluding carboxylic acids is 1. The zero-order chi connectivity index (χ0) is 23.8. The van der Waals surface area contributed by atoms with Crippen molar-refractivity contribution < 1.29 is 9.53 Å². The molecule has 1 N–H and O–H groups in total. The zero-order valence-electron chi connectivity index (χ0n) is 19.8. The molecule has 0 saturated carbocycles. The molecule has 0 radical (unpaired) electrons. The maximum absolute atomic E-state index is 12.5. The van der Waals surface area contributed by atoms with Crippen LogP contribution in [-0.2, 0) is 11.3 Å². The summed E-state index contributed by atoms with van der Waals surface area (Å²) in [6.45, 7) is 8.49. The number of rotatable bonds is 10. The van der Waals surface area contributed by atoms with Gasteiger partial charge in [-0.2, -0.15) is 5.10 Å². The van der Waals surface area contributed by atoms with E-state index in [1.165, 1.54) is 10.7 Å². The molecule has 0 fully saturated rings. The number of nitrogens with zero attached hydrogens (tertiary/aromatic N) is 3. The highest BCUT2D eigenvalue weighted by Gasteiger charge is 2.09. The number of hydrogen-bond donors (Lipinski definition) is 1. The second kappa shape index (κ2) is 11.3. The normalized spacial score (nSPS) is 10.7. The summed E-state index contributed by atoms with van der Waals surface area (Å²) in [5, 5.41) is 7.45. The third kappa shape index (κ3) is 6.22. The molecule has 0 aliphatic rings. The maximum atomic E-state index is 12.5. The first kappa shape index (κ1) is 24.0. The van der Waals surface area contributed by atoms with Crippen molar-refractivity contribution >= 4 is 17.3 Å². The SMILES string of the molecule is CCN(CC)c1ccc(NC(=O)CCCn2nc(-c3cccc(OC)c3)ccc2=O)c(C)c1. The lowest BCUT2D eigenvalue weighted by atomic mass is 10.1. The summed E-state index contributed by atoms with van der Waals surface area (Å²) < 4.78 is 6.67. The number of ether oxygens (including phenoxy) is 1. The fourth-order valence-electron chi connectivity index (χ4n) is 3.72. The minimum atomic E-state index is -0.190. The number of aromatic nitrogens is 2. The van der Waals surface area contributed by atoms with Crippen molar-refractivity contribution in [3.05, 3.63) is 70.5 Å². The van der Waals surface area contributed by atoms with Crippen LogP contribution in [0, 0.1) is 6.92 Å². The van der Waals surface area contributed by atoms with Gasteiger partial charge in [-0.15, -0.1) is 0 Å². The van der Waals surface area contributed by atoms with E-state index in [2.05, 4.69) is 35.2 Å². The van der Waals surface area contributed by atoms with Crippen LogP contribution in [-0.4, -0.2) is 35.9 Å². The number of anilines is 2. The van der Waals surface area contributed by atoms with Gasteiger partial charge >= 0.3 is 0 Å². The van der Waals surface area contributed by atoms with Gasteiger partial charge in [0.05, 0.1) is 12.8 Å². The van der Waals surface area contributed by atoms with Crippen molar-refractivity contribution in [3.63, 3.8) is 0 Å². The van der Waals surface area contributed by atoms with Crippen molar-refractivity contribution in [2.24, 2.45) is 0 Å². The van der Waals surface area contributed by atoms with Crippen LogP contribution in [0.15, 0.2) is 59.4 Å². The van der Waals surface area contributed by atoms with Gasteiger partial charge in [-0.25, -0.2) is 4.68 Å². The van der Waals surface area contributed by atoms with Crippen LogP contribution in [0.4, 0.5) is 11.4 Å². The van der Waals surface area contributed by atoms with Crippen LogP contribution in [0.1, 0.15) is 32.3 Å². The molecule has 1 heterocycles. The molecule has 7 nitrogen and oxygen atoms in total. The van der Waals surface area contributed by atoms with Gasteiger partial charge in [0.2, 0.25) is 5.91 Å². The van der Waals surface area contributed by atoms with Crippen molar-refractivity contribution in [2.45, 2.75) is 40.2 Å². The third-order valence-corrected chi connectivity index (χ3v) is 5.62. The van der Waals surface area contributed by atoms with Crippen LogP contribution < -0.4 is 20.5 Å². The lowest BCUT2D eigenvalue weighted by molar-refractivity contribution is -0.116. The molecule has 0 aliphatic heterocycles. The highest BCUT2D eigenvalue weighted by molar-refractivity contribution is 5.91. The van der Waals surface area contributed by atoms with Crippen molar-refractivity contribution in [1.82, 2.24) is 9.78 Å². The molecule has 0 atom stereocenters. The Bertz CT molecular complexity index is 1150. The number of benzene rings is 2. The van der Waals surface area contributed by atoms with Crippen LogP contribution in [0.25, 0.3) is 11.3 Å². The summed E-state index contributed by atoms with van der Waals surface area (Å²) in [7, 11) is 1.61. The molecule has 0 unspecified atom stereocenters. The average molecular weight is 449 g/mol. The summed E-state index contributed by atoms with van der Waals surface area (Å²) in [5.74, 6) is 0.648. The van der Waals surface area contributed by atoms with Crippen LogP contribution in [0.5, 0.6) is 5.75 Å². The molecular formula is C26H32N4O3. The first-order valence-corrected chi connectivity index (χ1v) is 11.3. The van der Waals surface area contributed by atoms with E-state index in [4.69, 9.17) is 4.74 Å². The first-order valence-electron chi connectivity index (χ1n) is 11.3. The van der Waals surface area contributed by atoms with Crippen LogP contribution >= 0.6 is 0 Å². The Labute approximate surface area is 195 Å². The highest BCUT2D eigenvalue weighted by Crippen LogP contribution is 2.23. The monoisotopic (exact) mass is 448 g/mol. The molecule has 0 bridgehead atoms. The second-order valence-electron chi connectivity index (χ2n) is 7.84. The molecule has 3 aromatic rings. The molecule has 0 saturated heterocycles. The molecule has 3 rings (SSSR count). The van der Waals surface area contributed by atoms with Gasteiger partial charge in [-0.05, 0) is 69.2 Å². The third-order valence-electron chi connectivity index (χ3n) is 5.62. The summed E-state index contributed by atoms with van der Waals surface area (Å²) in [6, 6.07) is 16.8. The predicted molar refractivity (Wildman–Crippen MR) is 133 cm³/mol. The van der Waals surface area contributed by atoms with E-state index in [9.17, 15) is 9.59 Å². The fourth-order valence-corrected chi connectivity index (χ4v) is 3.72. The van der Waals surface area contributed by atoms with E-state index in [1.54, 1.807) is 13.2 Å². The largest absolute Gasteiger partial charge is 0.497 e. The van der Waals surface area contributed by atoms with Crippen molar-refractivity contribution in [3.8, 4) is 17.0 Å². The summed E-state index contributed by atoms with van der Waals surface area (Å²) >= 11 is 0. The molecule has 7 heteroatoms. The second-order valence-corrected chi connectivity index (χ2v) is 7.84. The summed E-state index contributed by atoms with van der Waals surface area (Å²) in [5.41, 5.74) is 4.34. The van der Waals surface area contributed by atoms with E-state index < -0.39 is 0 Å². The standard InChI is InChI=1S/C26H32N4O3/c1-5-29(6-2)21-12-13-23(19(3)17-21)27-25(31)11-8-16-30-26(32)15-14-24(28-30)20-9-7-10-22(18-20)33-4/h7,9-10,12-15,17-18H,5-6,8,11,16H2,1-4H3,(H,27,31). The Balaban J connectivity index is 1.60. The number of amides is 1.